The van der Waals surface area contributed by atoms with E-state index in [-0.39, 0.29) is 11.3 Å². The minimum Gasteiger partial charge on any atom is -0.351 e. The van der Waals surface area contributed by atoms with Gasteiger partial charge in [-0.2, -0.15) is 0 Å². The molecular formula is C14H21N3O. The molecule has 1 saturated heterocycles. The van der Waals surface area contributed by atoms with Crippen LogP contribution in [0.4, 0.5) is 0 Å². The van der Waals surface area contributed by atoms with E-state index in [0.717, 1.165) is 37.9 Å². The molecule has 0 aromatic carbocycles. The Morgan fingerprint density at radius 3 is 2.89 bits per heavy atom. The Morgan fingerprint density at radius 2 is 2.28 bits per heavy atom. The van der Waals surface area contributed by atoms with Crippen molar-refractivity contribution in [3.8, 4) is 0 Å². The molecule has 0 spiro atoms. The second kappa shape index (κ2) is 5.96. The highest BCUT2D eigenvalue weighted by molar-refractivity contribution is 5.82. The van der Waals surface area contributed by atoms with Crippen molar-refractivity contribution in [3.05, 3.63) is 30.1 Å². The lowest BCUT2D eigenvalue weighted by Gasteiger charge is -2.35. The van der Waals surface area contributed by atoms with Crippen molar-refractivity contribution < 1.29 is 4.79 Å². The first-order chi connectivity index (χ1) is 8.77. The number of amides is 1. The quantitative estimate of drug-likeness (QED) is 0.847. The number of aromatic nitrogens is 1. The van der Waals surface area contributed by atoms with Crippen LogP contribution in [0.5, 0.6) is 0 Å². The number of carbonyl (C=O) groups excluding carboxylic acids is 1. The number of rotatable bonds is 4. The molecule has 0 saturated carbocycles. The van der Waals surface area contributed by atoms with Crippen LogP contribution >= 0.6 is 0 Å². The molecule has 18 heavy (non-hydrogen) atoms. The molecule has 1 amide bonds. The van der Waals surface area contributed by atoms with Gasteiger partial charge in [0, 0.05) is 18.9 Å². The van der Waals surface area contributed by atoms with Crippen molar-refractivity contribution >= 4 is 5.91 Å². The van der Waals surface area contributed by atoms with Gasteiger partial charge < -0.3 is 10.6 Å². The van der Waals surface area contributed by atoms with Gasteiger partial charge in [0.05, 0.1) is 5.41 Å². The molecule has 0 unspecified atom stereocenters. The van der Waals surface area contributed by atoms with Crippen LogP contribution in [-0.2, 0) is 11.3 Å². The molecule has 2 N–H and O–H groups in total. The van der Waals surface area contributed by atoms with Crippen LogP contribution < -0.4 is 10.6 Å². The summed E-state index contributed by atoms with van der Waals surface area (Å²) in [6.07, 6.45) is 6.31. The monoisotopic (exact) mass is 247 g/mol. The van der Waals surface area contributed by atoms with Gasteiger partial charge in [-0.1, -0.05) is 13.0 Å². The smallest absolute Gasteiger partial charge is 0.226 e. The van der Waals surface area contributed by atoms with E-state index >= 15 is 0 Å². The molecule has 1 aliphatic heterocycles. The second-order valence-electron chi connectivity index (χ2n) is 4.93. The van der Waals surface area contributed by atoms with E-state index in [2.05, 4.69) is 22.5 Å². The first-order valence-electron chi connectivity index (χ1n) is 6.65. The van der Waals surface area contributed by atoms with Gasteiger partial charge in [0.25, 0.3) is 0 Å². The topological polar surface area (TPSA) is 54.0 Å². The van der Waals surface area contributed by atoms with Crippen LogP contribution in [0.2, 0.25) is 0 Å². The molecule has 0 bridgehead atoms. The van der Waals surface area contributed by atoms with Crippen LogP contribution in [0.1, 0.15) is 31.7 Å². The molecule has 4 heteroatoms. The molecule has 0 aliphatic carbocycles. The van der Waals surface area contributed by atoms with Crippen LogP contribution in [0.3, 0.4) is 0 Å². The van der Waals surface area contributed by atoms with Crippen LogP contribution in [0.25, 0.3) is 0 Å². The lowest BCUT2D eigenvalue weighted by atomic mass is 9.76. The van der Waals surface area contributed by atoms with Crippen molar-refractivity contribution in [3.63, 3.8) is 0 Å². The van der Waals surface area contributed by atoms with Crippen molar-refractivity contribution in [2.24, 2.45) is 5.41 Å². The van der Waals surface area contributed by atoms with Gasteiger partial charge in [-0.25, -0.2) is 0 Å². The highest BCUT2D eigenvalue weighted by Crippen LogP contribution is 2.32. The Balaban J connectivity index is 1.94. The number of hydrogen-bond acceptors (Lipinski definition) is 3. The van der Waals surface area contributed by atoms with Crippen molar-refractivity contribution in [2.45, 2.75) is 32.7 Å². The molecule has 1 aliphatic rings. The largest absolute Gasteiger partial charge is 0.351 e. The maximum Gasteiger partial charge on any atom is 0.226 e. The second-order valence-corrected chi connectivity index (χ2v) is 4.93. The summed E-state index contributed by atoms with van der Waals surface area (Å²) >= 11 is 0. The molecule has 1 aromatic heterocycles. The third-order valence-electron chi connectivity index (χ3n) is 3.89. The SMILES string of the molecule is CCC1(C(=O)NCc2cccnc2)CCNCC1. The third kappa shape index (κ3) is 2.88. The third-order valence-corrected chi connectivity index (χ3v) is 3.89. The average molecular weight is 247 g/mol. The fourth-order valence-electron chi connectivity index (χ4n) is 2.52. The summed E-state index contributed by atoms with van der Waals surface area (Å²) < 4.78 is 0. The minimum absolute atomic E-state index is 0.173. The molecule has 0 radical (unpaired) electrons. The predicted octanol–water partition coefficient (Wildman–Crippen LogP) is 1.48. The van der Waals surface area contributed by atoms with E-state index < -0.39 is 0 Å². The molecule has 2 rings (SSSR count). The Hall–Kier alpha value is -1.42. The van der Waals surface area contributed by atoms with Gasteiger partial charge in [-0.05, 0) is 44.0 Å². The van der Waals surface area contributed by atoms with Gasteiger partial charge in [0.15, 0.2) is 0 Å². The number of nitrogens with zero attached hydrogens (tertiary/aromatic N) is 1. The number of hydrogen-bond donors (Lipinski definition) is 2. The fourth-order valence-corrected chi connectivity index (χ4v) is 2.52. The van der Waals surface area contributed by atoms with E-state index in [4.69, 9.17) is 0 Å². The van der Waals surface area contributed by atoms with E-state index in [1.807, 2.05) is 12.1 Å². The summed E-state index contributed by atoms with van der Waals surface area (Å²) in [6, 6.07) is 3.87. The zero-order valence-corrected chi connectivity index (χ0v) is 10.9. The van der Waals surface area contributed by atoms with Crippen molar-refractivity contribution in [2.75, 3.05) is 13.1 Å². The number of pyridine rings is 1. The lowest BCUT2D eigenvalue weighted by Crippen LogP contribution is -2.47. The van der Waals surface area contributed by atoms with Crippen molar-refractivity contribution in [1.29, 1.82) is 0 Å². The van der Waals surface area contributed by atoms with Gasteiger partial charge in [0.1, 0.15) is 0 Å². The first kappa shape index (κ1) is 13.0. The molecular weight excluding hydrogens is 226 g/mol. The highest BCUT2D eigenvalue weighted by atomic mass is 16.2. The van der Waals surface area contributed by atoms with Gasteiger partial charge in [0.2, 0.25) is 5.91 Å². The molecule has 0 atom stereocenters. The standard InChI is InChI=1S/C14H21N3O/c1-2-14(5-8-15-9-6-14)13(18)17-11-12-4-3-7-16-10-12/h3-4,7,10,15H,2,5-6,8-9,11H2,1H3,(H,17,18). The zero-order chi connectivity index (χ0) is 12.8. The Bertz CT molecular complexity index is 385. The maximum absolute atomic E-state index is 12.4. The van der Waals surface area contributed by atoms with Crippen molar-refractivity contribution in [1.82, 2.24) is 15.6 Å². The summed E-state index contributed by atoms with van der Waals surface area (Å²) in [5, 5.41) is 6.37. The van der Waals surface area contributed by atoms with Crippen LogP contribution in [-0.4, -0.2) is 24.0 Å². The summed E-state index contributed by atoms with van der Waals surface area (Å²) in [6.45, 7) is 4.55. The average Bonchev–Trinajstić information content (AvgIpc) is 2.46. The minimum atomic E-state index is -0.173. The Kier molecular flexibility index (Phi) is 4.31. The number of nitrogens with one attached hydrogen (secondary N) is 2. The predicted molar refractivity (Wildman–Crippen MR) is 70.9 cm³/mol. The number of carbonyl (C=O) groups is 1. The normalized spacial score (nSPS) is 18.3. The number of piperidine rings is 1. The molecule has 98 valence electrons. The van der Waals surface area contributed by atoms with E-state index in [9.17, 15) is 4.79 Å². The van der Waals surface area contributed by atoms with Gasteiger partial charge in [-0.15, -0.1) is 0 Å². The lowest BCUT2D eigenvalue weighted by molar-refractivity contribution is -0.133. The van der Waals surface area contributed by atoms with E-state index in [0.29, 0.717) is 6.54 Å². The molecule has 4 nitrogen and oxygen atoms in total. The Morgan fingerprint density at radius 1 is 1.50 bits per heavy atom. The van der Waals surface area contributed by atoms with Gasteiger partial charge >= 0.3 is 0 Å². The summed E-state index contributed by atoms with van der Waals surface area (Å²) in [7, 11) is 0. The van der Waals surface area contributed by atoms with Crippen LogP contribution in [0, 0.1) is 5.41 Å². The van der Waals surface area contributed by atoms with Gasteiger partial charge in [-0.3, -0.25) is 9.78 Å². The summed E-state index contributed by atoms with van der Waals surface area (Å²) in [5.41, 5.74) is 0.874. The first-order valence-corrected chi connectivity index (χ1v) is 6.65. The highest BCUT2D eigenvalue weighted by Gasteiger charge is 2.37. The summed E-state index contributed by atoms with van der Waals surface area (Å²) in [4.78, 5) is 16.4. The maximum atomic E-state index is 12.4. The van der Waals surface area contributed by atoms with E-state index in [1.54, 1.807) is 12.4 Å². The molecule has 1 fully saturated rings. The van der Waals surface area contributed by atoms with E-state index in [1.165, 1.54) is 0 Å². The van der Waals surface area contributed by atoms with Crippen LogP contribution in [0.15, 0.2) is 24.5 Å². The molecule has 1 aromatic rings. The fraction of sp³-hybridized carbons (Fsp3) is 0.571. The Labute approximate surface area is 108 Å². The molecule has 2 heterocycles. The summed E-state index contributed by atoms with van der Waals surface area (Å²) in [5.74, 6) is 0.190. The zero-order valence-electron chi connectivity index (χ0n) is 10.9.